The number of anilines is 1. The van der Waals surface area contributed by atoms with E-state index in [4.69, 9.17) is 0 Å². The molecule has 2 aromatic rings. The van der Waals surface area contributed by atoms with Crippen LogP contribution >= 0.6 is 11.3 Å². The van der Waals surface area contributed by atoms with Gasteiger partial charge in [-0.05, 0) is 26.2 Å². The Hall–Kier alpha value is -2.07. The third-order valence-corrected chi connectivity index (χ3v) is 3.67. The standard InChI is InChI=1S/C13H14F3N5OS/c1-21(2)6-5-10-19-20-12(23-10)18-11(22)8-3-4-9(17-7-8)13(14,15)16/h3-4,7H,5-6H2,1-2H3,(H,18,20,22). The molecule has 0 saturated carbocycles. The summed E-state index contributed by atoms with van der Waals surface area (Å²) in [7, 11) is 3.86. The van der Waals surface area contributed by atoms with E-state index in [1.807, 2.05) is 19.0 Å². The summed E-state index contributed by atoms with van der Waals surface area (Å²) in [5.41, 5.74) is -1.03. The maximum atomic E-state index is 12.4. The van der Waals surface area contributed by atoms with Gasteiger partial charge in [-0.25, -0.2) is 0 Å². The van der Waals surface area contributed by atoms with Gasteiger partial charge in [0.15, 0.2) is 0 Å². The maximum absolute atomic E-state index is 12.4. The maximum Gasteiger partial charge on any atom is 0.433 e. The van der Waals surface area contributed by atoms with Crippen molar-refractivity contribution < 1.29 is 18.0 Å². The predicted octanol–water partition coefficient (Wildman–Crippen LogP) is 2.31. The van der Waals surface area contributed by atoms with E-state index in [0.717, 1.165) is 29.9 Å². The minimum absolute atomic E-state index is 0.0167. The number of aromatic nitrogens is 3. The Balaban J connectivity index is 1.99. The SMILES string of the molecule is CN(C)CCc1nnc(NC(=O)c2ccc(C(F)(F)F)nc2)s1. The van der Waals surface area contributed by atoms with Crippen molar-refractivity contribution in [3.8, 4) is 0 Å². The molecule has 2 aromatic heterocycles. The fraction of sp³-hybridized carbons (Fsp3) is 0.385. The second kappa shape index (κ2) is 7.01. The highest BCUT2D eigenvalue weighted by atomic mass is 32.1. The number of pyridine rings is 1. The summed E-state index contributed by atoms with van der Waals surface area (Å²) in [6.07, 6.45) is -2.95. The predicted molar refractivity (Wildman–Crippen MR) is 79.4 cm³/mol. The van der Waals surface area contributed by atoms with Crippen LogP contribution < -0.4 is 5.32 Å². The molecule has 2 heterocycles. The zero-order valence-corrected chi connectivity index (χ0v) is 13.2. The Bertz CT molecular complexity index is 669. The molecule has 0 unspecified atom stereocenters. The molecule has 1 amide bonds. The van der Waals surface area contributed by atoms with Crippen molar-refractivity contribution >= 4 is 22.4 Å². The molecule has 0 spiro atoms. The Labute approximate surface area is 134 Å². The van der Waals surface area contributed by atoms with Gasteiger partial charge in [0.05, 0.1) is 5.56 Å². The lowest BCUT2D eigenvalue weighted by atomic mass is 10.2. The average molecular weight is 345 g/mol. The van der Waals surface area contributed by atoms with Crippen LogP contribution in [0.5, 0.6) is 0 Å². The van der Waals surface area contributed by atoms with Crippen molar-refractivity contribution in [2.45, 2.75) is 12.6 Å². The number of hydrogen-bond acceptors (Lipinski definition) is 6. The van der Waals surface area contributed by atoms with E-state index in [2.05, 4.69) is 20.5 Å². The zero-order chi connectivity index (χ0) is 17.0. The Morgan fingerprint density at radius 1 is 1.30 bits per heavy atom. The smallest absolute Gasteiger partial charge is 0.309 e. The summed E-state index contributed by atoms with van der Waals surface area (Å²) in [5, 5.41) is 11.3. The van der Waals surface area contributed by atoms with Gasteiger partial charge in [-0.3, -0.25) is 15.1 Å². The largest absolute Gasteiger partial charge is 0.433 e. The molecular formula is C13H14F3N5OS. The topological polar surface area (TPSA) is 71.0 Å². The van der Waals surface area contributed by atoms with Crippen molar-refractivity contribution in [2.75, 3.05) is 26.0 Å². The molecule has 0 bridgehead atoms. The molecule has 124 valence electrons. The zero-order valence-electron chi connectivity index (χ0n) is 12.4. The van der Waals surface area contributed by atoms with Crippen molar-refractivity contribution in [3.63, 3.8) is 0 Å². The van der Waals surface area contributed by atoms with E-state index >= 15 is 0 Å². The highest BCUT2D eigenvalue weighted by Crippen LogP contribution is 2.27. The van der Waals surface area contributed by atoms with Crippen LogP contribution in [0.4, 0.5) is 18.3 Å². The summed E-state index contributed by atoms with van der Waals surface area (Å²) in [6, 6.07) is 1.83. The molecule has 10 heteroatoms. The summed E-state index contributed by atoms with van der Waals surface area (Å²) in [4.78, 5) is 17.2. The van der Waals surface area contributed by atoms with Gasteiger partial charge in [0.2, 0.25) is 5.13 Å². The molecular weight excluding hydrogens is 331 g/mol. The Kier molecular flexibility index (Phi) is 5.26. The molecule has 0 radical (unpaired) electrons. The number of halogens is 3. The number of carbonyl (C=O) groups is 1. The number of amides is 1. The molecule has 0 aliphatic rings. The van der Waals surface area contributed by atoms with Crippen molar-refractivity contribution in [3.05, 3.63) is 34.6 Å². The van der Waals surface area contributed by atoms with Gasteiger partial charge < -0.3 is 4.90 Å². The fourth-order valence-electron chi connectivity index (χ4n) is 1.59. The first kappa shape index (κ1) is 17.3. The number of hydrogen-bond donors (Lipinski definition) is 1. The van der Waals surface area contributed by atoms with Crippen molar-refractivity contribution in [1.29, 1.82) is 0 Å². The highest BCUT2D eigenvalue weighted by molar-refractivity contribution is 7.15. The highest BCUT2D eigenvalue weighted by Gasteiger charge is 2.32. The van der Waals surface area contributed by atoms with Gasteiger partial charge in [0.25, 0.3) is 5.91 Å². The Morgan fingerprint density at radius 2 is 2.04 bits per heavy atom. The fourth-order valence-corrected chi connectivity index (χ4v) is 2.31. The molecule has 0 aliphatic heterocycles. The van der Waals surface area contributed by atoms with Gasteiger partial charge in [-0.1, -0.05) is 11.3 Å². The van der Waals surface area contributed by atoms with E-state index in [1.54, 1.807) is 0 Å². The lowest BCUT2D eigenvalue weighted by Crippen LogP contribution is -2.14. The van der Waals surface area contributed by atoms with Gasteiger partial charge in [-0.2, -0.15) is 13.2 Å². The molecule has 0 fully saturated rings. The quantitative estimate of drug-likeness (QED) is 0.900. The minimum atomic E-state index is -4.53. The summed E-state index contributed by atoms with van der Waals surface area (Å²) < 4.78 is 37.2. The van der Waals surface area contributed by atoms with E-state index in [1.165, 1.54) is 11.3 Å². The molecule has 1 N–H and O–H groups in total. The van der Waals surface area contributed by atoms with Gasteiger partial charge in [-0.15, -0.1) is 10.2 Å². The van der Waals surface area contributed by atoms with E-state index in [9.17, 15) is 18.0 Å². The van der Waals surface area contributed by atoms with Crippen LogP contribution in [0.25, 0.3) is 0 Å². The van der Waals surface area contributed by atoms with E-state index in [-0.39, 0.29) is 5.56 Å². The first-order valence-electron chi connectivity index (χ1n) is 6.57. The number of alkyl halides is 3. The van der Waals surface area contributed by atoms with Crippen LogP contribution in [0.3, 0.4) is 0 Å². The van der Waals surface area contributed by atoms with E-state index in [0.29, 0.717) is 11.6 Å². The third-order valence-electron chi connectivity index (χ3n) is 2.78. The van der Waals surface area contributed by atoms with Crippen LogP contribution in [0, 0.1) is 0 Å². The number of carbonyl (C=O) groups excluding carboxylic acids is 1. The minimum Gasteiger partial charge on any atom is -0.309 e. The summed E-state index contributed by atoms with van der Waals surface area (Å²) in [5.74, 6) is -0.582. The molecule has 0 aromatic carbocycles. The lowest BCUT2D eigenvalue weighted by molar-refractivity contribution is -0.141. The average Bonchev–Trinajstić information content (AvgIpc) is 2.92. The van der Waals surface area contributed by atoms with Gasteiger partial charge in [0, 0.05) is 19.2 Å². The van der Waals surface area contributed by atoms with E-state index < -0.39 is 17.8 Å². The van der Waals surface area contributed by atoms with Gasteiger partial charge >= 0.3 is 6.18 Å². The third kappa shape index (κ3) is 4.96. The van der Waals surface area contributed by atoms with Crippen LogP contribution in [0.1, 0.15) is 21.1 Å². The second-order valence-electron chi connectivity index (χ2n) is 4.94. The first-order valence-corrected chi connectivity index (χ1v) is 7.39. The lowest BCUT2D eigenvalue weighted by Gasteiger charge is -2.06. The molecule has 0 atom stereocenters. The molecule has 2 rings (SSSR count). The van der Waals surface area contributed by atoms with Crippen LogP contribution in [-0.4, -0.2) is 46.6 Å². The van der Waals surface area contributed by atoms with Crippen LogP contribution in [0.15, 0.2) is 18.3 Å². The molecule has 6 nitrogen and oxygen atoms in total. The van der Waals surface area contributed by atoms with Crippen LogP contribution in [-0.2, 0) is 12.6 Å². The molecule has 23 heavy (non-hydrogen) atoms. The molecule has 0 aliphatic carbocycles. The van der Waals surface area contributed by atoms with Crippen molar-refractivity contribution in [1.82, 2.24) is 20.1 Å². The summed E-state index contributed by atoms with van der Waals surface area (Å²) in [6.45, 7) is 0.797. The Morgan fingerprint density at radius 3 is 2.61 bits per heavy atom. The number of nitrogens with one attached hydrogen (secondary N) is 1. The number of rotatable bonds is 5. The summed E-state index contributed by atoms with van der Waals surface area (Å²) >= 11 is 1.22. The van der Waals surface area contributed by atoms with Crippen molar-refractivity contribution in [2.24, 2.45) is 0 Å². The van der Waals surface area contributed by atoms with Crippen LogP contribution in [0.2, 0.25) is 0 Å². The molecule has 0 saturated heterocycles. The first-order chi connectivity index (χ1) is 10.8. The number of likely N-dealkylation sites (N-methyl/N-ethyl adjacent to an activating group) is 1. The van der Waals surface area contributed by atoms with Gasteiger partial charge in [0.1, 0.15) is 10.7 Å². The monoisotopic (exact) mass is 345 g/mol. The normalized spacial score (nSPS) is 11.7. The number of nitrogens with zero attached hydrogens (tertiary/aromatic N) is 4. The second-order valence-corrected chi connectivity index (χ2v) is 6.00.